The fourth-order valence-electron chi connectivity index (χ4n) is 9.34. The molecule has 3 aromatic heterocycles. The number of nitrogens with zero attached hydrogens (tertiary/aromatic N) is 4. The second-order valence-corrected chi connectivity index (χ2v) is 16.0. The molecule has 288 valence electrons. The van der Waals surface area contributed by atoms with E-state index >= 15 is 0 Å². The van der Waals surface area contributed by atoms with E-state index in [0.29, 0.717) is 17.5 Å². The molecule has 0 aliphatic heterocycles. The average molecular weight is 791 g/mol. The van der Waals surface area contributed by atoms with E-state index in [9.17, 15) is 0 Å². The predicted molar refractivity (Wildman–Crippen MR) is 256 cm³/mol. The largest absolute Gasteiger partial charge is 0.456 e. The van der Waals surface area contributed by atoms with Crippen molar-refractivity contribution in [3.05, 3.63) is 206 Å². The van der Waals surface area contributed by atoms with Crippen LogP contribution in [0, 0.1) is 0 Å². The first-order valence-corrected chi connectivity index (χ1v) is 20.9. The Hall–Kier alpha value is -8.41. The molecule has 3 heterocycles. The van der Waals surface area contributed by atoms with Gasteiger partial charge in [0, 0.05) is 43.9 Å². The molecule has 0 radical (unpaired) electrons. The van der Waals surface area contributed by atoms with Crippen LogP contribution in [0.15, 0.2) is 211 Å². The molecule has 0 fully saturated rings. The van der Waals surface area contributed by atoms with Gasteiger partial charge in [-0.3, -0.25) is 0 Å². The molecule has 13 aromatic rings. The number of benzene rings is 10. The van der Waals surface area contributed by atoms with Crippen molar-refractivity contribution in [1.29, 1.82) is 0 Å². The van der Waals surface area contributed by atoms with Gasteiger partial charge in [-0.2, -0.15) is 0 Å². The van der Waals surface area contributed by atoms with Crippen LogP contribution in [0.4, 0.5) is 0 Å². The summed E-state index contributed by atoms with van der Waals surface area (Å²) in [6.45, 7) is 0. The highest BCUT2D eigenvalue weighted by atomic mass is 16.3. The van der Waals surface area contributed by atoms with Crippen molar-refractivity contribution in [3.8, 4) is 51.0 Å². The van der Waals surface area contributed by atoms with Crippen LogP contribution in [0.5, 0.6) is 0 Å². The van der Waals surface area contributed by atoms with E-state index in [2.05, 4.69) is 199 Å². The lowest BCUT2D eigenvalue weighted by Gasteiger charge is -2.16. The third kappa shape index (κ3) is 5.52. The minimum atomic E-state index is 0.596. The fourth-order valence-corrected chi connectivity index (χ4v) is 9.34. The van der Waals surface area contributed by atoms with Gasteiger partial charge in [0.2, 0.25) is 0 Å². The molecule has 0 atom stereocenters. The van der Waals surface area contributed by atoms with Gasteiger partial charge in [0.1, 0.15) is 11.2 Å². The maximum Gasteiger partial charge on any atom is 0.164 e. The monoisotopic (exact) mass is 790 g/mol. The second-order valence-electron chi connectivity index (χ2n) is 16.0. The Labute approximate surface area is 355 Å². The van der Waals surface area contributed by atoms with Gasteiger partial charge in [0.05, 0.1) is 11.0 Å². The Bertz CT molecular complexity index is 3850. The van der Waals surface area contributed by atoms with Crippen molar-refractivity contribution in [2.45, 2.75) is 0 Å². The molecule has 62 heavy (non-hydrogen) atoms. The van der Waals surface area contributed by atoms with Gasteiger partial charge in [-0.05, 0) is 110 Å². The Morgan fingerprint density at radius 1 is 0.306 bits per heavy atom. The first kappa shape index (κ1) is 34.5. The van der Waals surface area contributed by atoms with Crippen molar-refractivity contribution >= 4 is 76.1 Å². The Morgan fingerprint density at radius 3 is 1.56 bits per heavy atom. The highest BCUT2D eigenvalue weighted by Crippen LogP contribution is 2.41. The molecule has 0 N–H and O–H groups in total. The van der Waals surface area contributed by atoms with E-state index in [1.165, 1.54) is 32.3 Å². The lowest BCUT2D eigenvalue weighted by molar-refractivity contribution is 0.669. The van der Waals surface area contributed by atoms with E-state index in [1.807, 2.05) is 12.1 Å². The van der Waals surface area contributed by atoms with Gasteiger partial charge in [-0.15, -0.1) is 0 Å². The van der Waals surface area contributed by atoms with Crippen molar-refractivity contribution in [1.82, 2.24) is 19.5 Å². The van der Waals surface area contributed by atoms with Crippen LogP contribution < -0.4 is 0 Å². The van der Waals surface area contributed by atoms with Gasteiger partial charge in [0.15, 0.2) is 17.5 Å². The van der Waals surface area contributed by atoms with E-state index in [-0.39, 0.29) is 0 Å². The molecule has 0 amide bonds. The number of hydrogen-bond acceptors (Lipinski definition) is 4. The van der Waals surface area contributed by atoms with Gasteiger partial charge in [-0.1, -0.05) is 140 Å². The Balaban J connectivity index is 1.09. The second kappa shape index (κ2) is 13.6. The number of para-hydroxylation sites is 2. The van der Waals surface area contributed by atoms with Crippen molar-refractivity contribution in [2.75, 3.05) is 0 Å². The van der Waals surface area contributed by atoms with Gasteiger partial charge in [0.25, 0.3) is 0 Å². The minimum absolute atomic E-state index is 0.596. The van der Waals surface area contributed by atoms with Crippen molar-refractivity contribution in [3.63, 3.8) is 0 Å². The van der Waals surface area contributed by atoms with Crippen LogP contribution in [0.2, 0.25) is 0 Å². The summed E-state index contributed by atoms with van der Waals surface area (Å²) in [4.78, 5) is 15.9. The zero-order valence-electron chi connectivity index (χ0n) is 33.3. The molecule has 0 spiro atoms. The molecule has 0 saturated carbocycles. The van der Waals surface area contributed by atoms with Crippen LogP contribution in [0.1, 0.15) is 0 Å². The maximum atomic E-state index is 6.33. The molecule has 0 aliphatic rings. The van der Waals surface area contributed by atoms with E-state index < -0.39 is 0 Å². The van der Waals surface area contributed by atoms with Gasteiger partial charge >= 0.3 is 0 Å². The molecule has 5 nitrogen and oxygen atoms in total. The van der Waals surface area contributed by atoms with Gasteiger partial charge in [-0.25, -0.2) is 15.0 Å². The van der Waals surface area contributed by atoms with Crippen molar-refractivity contribution in [2.24, 2.45) is 0 Å². The number of rotatable bonds is 5. The lowest BCUT2D eigenvalue weighted by Crippen LogP contribution is -2.02. The summed E-state index contributed by atoms with van der Waals surface area (Å²) in [6, 6.07) is 73.0. The number of fused-ring (bicyclic) bond motifs is 9. The Kier molecular flexibility index (Phi) is 7.54. The van der Waals surface area contributed by atoms with E-state index in [0.717, 1.165) is 77.2 Å². The Morgan fingerprint density at radius 2 is 0.855 bits per heavy atom. The van der Waals surface area contributed by atoms with Gasteiger partial charge < -0.3 is 8.98 Å². The summed E-state index contributed by atoms with van der Waals surface area (Å²) in [7, 11) is 0. The predicted octanol–water partition coefficient (Wildman–Crippen LogP) is 15.0. The molecule has 0 aliphatic carbocycles. The molecule has 0 bridgehead atoms. The lowest BCUT2D eigenvalue weighted by atomic mass is 9.96. The third-order valence-corrected chi connectivity index (χ3v) is 12.4. The summed E-state index contributed by atoms with van der Waals surface area (Å²) in [5.74, 6) is 1.83. The summed E-state index contributed by atoms with van der Waals surface area (Å²) >= 11 is 0. The number of hydrogen-bond donors (Lipinski definition) is 0. The molecule has 10 aromatic carbocycles. The normalized spacial score (nSPS) is 11.9. The third-order valence-electron chi connectivity index (χ3n) is 12.4. The van der Waals surface area contributed by atoms with Crippen molar-refractivity contribution < 1.29 is 4.42 Å². The van der Waals surface area contributed by atoms with Crippen LogP contribution >= 0.6 is 0 Å². The first-order valence-electron chi connectivity index (χ1n) is 20.9. The molecule has 5 heteroatoms. The SMILES string of the molecule is c1ccc2cc(-c3nc(-c4ccc5ccccc5c4)nc(-c4ccc(-n5c6ccccc6c6cc7ccccc7cc65)cc4-c4ccc5oc6ccccc6c5c4)n3)ccc2c1. The summed E-state index contributed by atoms with van der Waals surface area (Å²) in [5, 5.41) is 11.6. The zero-order valence-corrected chi connectivity index (χ0v) is 33.3. The van der Waals surface area contributed by atoms with E-state index in [4.69, 9.17) is 19.4 Å². The van der Waals surface area contributed by atoms with Crippen LogP contribution in [-0.4, -0.2) is 19.5 Å². The summed E-state index contributed by atoms with van der Waals surface area (Å²) in [5.41, 5.74) is 9.84. The summed E-state index contributed by atoms with van der Waals surface area (Å²) in [6.07, 6.45) is 0. The average Bonchev–Trinajstić information content (AvgIpc) is 3.87. The zero-order chi connectivity index (χ0) is 40.7. The highest BCUT2D eigenvalue weighted by Gasteiger charge is 2.20. The van der Waals surface area contributed by atoms with Crippen LogP contribution in [-0.2, 0) is 0 Å². The quantitative estimate of drug-likeness (QED) is 0.174. The molecule has 0 unspecified atom stereocenters. The molecule has 0 saturated heterocycles. The van der Waals surface area contributed by atoms with E-state index in [1.54, 1.807) is 0 Å². The maximum absolute atomic E-state index is 6.33. The smallest absolute Gasteiger partial charge is 0.164 e. The minimum Gasteiger partial charge on any atom is -0.456 e. The molecular formula is C57H34N4O. The number of aromatic nitrogens is 4. The molecule has 13 rings (SSSR count). The highest BCUT2D eigenvalue weighted by molar-refractivity contribution is 6.14. The number of furan rings is 1. The fraction of sp³-hybridized carbons (Fsp3) is 0. The first-order chi connectivity index (χ1) is 30.7. The summed E-state index contributed by atoms with van der Waals surface area (Å²) < 4.78 is 8.72. The van der Waals surface area contributed by atoms with Crippen LogP contribution in [0.3, 0.4) is 0 Å². The van der Waals surface area contributed by atoms with Crippen LogP contribution in [0.25, 0.3) is 127 Å². The topological polar surface area (TPSA) is 56.7 Å². The standard InChI is InChI=1S/C57H34N4O/c1-3-13-37-29-42(23-21-35(37)11-1)55-58-56(43-24-22-36-12-2-4-14-38(36)30-43)60-57(59-55)47-27-26-44(34-48(47)41-25-28-54-50(32-41)46-18-8-10-20-53(46)62-54)61-51-19-9-7-17-45(51)49-31-39-15-5-6-16-40(39)33-52(49)61/h1-34H. The molecular weight excluding hydrogens is 757 g/mol.